The van der Waals surface area contributed by atoms with E-state index in [1.165, 1.54) is 6.07 Å². The summed E-state index contributed by atoms with van der Waals surface area (Å²) in [5.74, 6) is 0. The second-order valence-electron chi connectivity index (χ2n) is 2.15. The zero-order chi connectivity index (χ0) is 10.0. The first-order valence-electron chi connectivity index (χ1n) is 3.15. The van der Waals surface area contributed by atoms with Crippen molar-refractivity contribution in [2.75, 3.05) is 0 Å². The Kier molecular flexibility index (Phi) is 3.95. The van der Waals surface area contributed by atoms with Gasteiger partial charge in [-0.25, -0.2) is 13.8 Å². The molecule has 0 fully saturated rings. The Balaban J connectivity index is 3.30. The number of alkyl halides is 2. The largest absolute Gasteiger partial charge is 0.296 e. The van der Waals surface area contributed by atoms with E-state index >= 15 is 0 Å². The summed E-state index contributed by atoms with van der Waals surface area (Å²) in [6, 6.07) is 1.28. The first-order chi connectivity index (χ1) is 6.06. The van der Waals surface area contributed by atoms with Crippen molar-refractivity contribution in [3.63, 3.8) is 0 Å². The van der Waals surface area contributed by atoms with Crippen molar-refractivity contribution in [2.24, 2.45) is 0 Å². The van der Waals surface area contributed by atoms with Crippen LogP contribution in [0.25, 0.3) is 0 Å². The second kappa shape index (κ2) is 4.58. The lowest BCUT2D eigenvalue weighted by Gasteiger charge is -2.03. The highest BCUT2D eigenvalue weighted by Gasteiger charge is 2.14. The molecule has 0 aliphatic rings. The van der Waals surface area contributed by atoms with Crippen LogP contribution in [-0.4, -0.2) is 11.3 Å². The van der Waals surface area contributed by atoms with E-state index in [1.807, 2.05) is 45.2 Å². The van der Waals surface area contributed by atoms with Crippen LogP contribution in [0.15, 0.2) is 6.07 Å². The highest BCUT2D eigenvalue weighted by Crippen LogP contribution is 2.23. The van der Waals surface area contributed by atoms with Crippen molar-refractivity contribution in [3.05, 3.63) is 24.6 Å². The molecule has 13 heavy (non-hydrogen) atoms. The van der Waals surface area contributed by atoms with Crippen LogP contribution in [0.1, 0.15) is 22.6 Å². The molecule has 0 amide bonds. The minimum atomic E-state index is -2.63. The molecule has 1 rings (SSSR count). The average Bonchev–Trinajstić information content (AvgIpc) is 2.09. The Labute approximate surface area is 100 Å². The maximum absolute atomic E-state index is 12.2. The van der Waals surface area contributed by atoms with Crippen LogP contribution in [0.5, 0.6) is 0 Å². The normalized spacial score (nSPS) is 10.5. The summed E-state index contributed by atoms with van der Waals surface area (Å²) in [6.45, 7) is 0. The molecular weight excluding hydrogens is 406 g/mol. The maximum atomic E-state index is 12.2. The van der Waals surface area contributed by atoms with E-state index in [2.05, 4.69) is 4.98 Å². The van der Waals surface area contributed by atoms with Gasteiger partial charge in [-0.3, -0.25) is 4.79 Å². The third kappa shape index (κ3) is 2.55. The number of aromatic nitrogens is 1. The van der Waals surface area contributed by atoms with Crippen molar-refractivity contribution in [1.82, 2.24) is 4.98 Å². The van der Waals surface area contributed by atoms with Crippen LogP contribution in [-0.2, 0) is 0 Å². The van der Waals surface area contributed by atoms with Crippen molar-refractivity contribution in [2.45, 2.75) is 6.43 Å². The van der Waals surface area contributed by atoms with Gasteiger partial charge in [-0.2, -0.15) is 0 Å². The van der Waals surface area contributed by atoms with Crippen LogP contribution in [0.3, 0.4) is 0 Å². The van der Waals surface area contributed by atoms with Gasteiger partial charge in [-0.15, -0.1) is 0 Å². The lowest BCUT2D eigenvalue weighted by atomic mass is 10.3. The molecule has 6 heteroatoms. The first-order valence-corrected chi connectivity index (χ1v) is 5.31. The molecule has 0 N–H and O–H groups in total. The molecule has 0 bridgehead atoms. The number of pyridine rings is 1. The van der Waals surface area contributed by atoms with E-state index in [0.717, 1.165) is 0 Å². The van der Waals surface area contributed by atoms with Crippen LogP contribution in [0.2, 0.25) is 0 Å². The number of aldehydes is 1. The first kappa shape index (κ1) is 11.2. The van der Waals surface area contributed by atoms with Gasteiger partial charge in [0.2, 0.25) is 0 Å². The summed E-state index contributed by atoms with van der Waals surface area (Å²) in [5, 5.41) is 0. The summed E-state index contributed by atoms with van der Waals surface area (Å²) in [4.78, 5) is 14.0. The van der Waals surface area contributed by atoms with Crippen molar-refractivity contribution in [1.29, 1.82) is 0 Å². The molecule has 0 spiro atoms. The summed E-state index contributed by atoms with van der Waals surface area (Å²) in [5.41, 5.74) is -0.283. The van der Waals surface area contributed by atoms with Gasteiger partial charge in [-0.05, 0) is 51.2 Å². The van der Waals surface area contributed by atoms with Gasteiger partial charge in [-0.1, -0.05) is 0 Å². The molecule has 0 aliphatic heterocycles. The summed E-state index contributed by atoms with van der Waals surface area (Å²) in [7, 11) is 0. The third-order valence-electron chi connectivity index (χ3n) is 1.29. The Morgan fingerprint density at radius 3 is 2.54 bits per heavy atom. The molecule has 0 aliphatic carbocycles. The Bertz CT molecular complexity index is 344. The Morgan fingerprint density at radius 2 is 2.08 bits per heavy atom. The molecule has 1 aromatic heterocycles. The van der Waals surface area contributed by atoms with E-state index < -0.39 is 6.43 Å². The molecule has 1 aromatic rings. The Morgan fingerprint density at radius 1 is 1.46 bits per heavy atom. The topological polar surface area (TPSA) is 30.0 Å². The number of hydrogen-bond donors (Lipinski definition) is 0. The third-order valence-corrected chi connectivity index (χ3v) is 4.31. The highest BCUT2D eigenvalue weighted by atomic mass is 127. The molecule has 1 heterocycles. The Hall–Kier alpha value is 0.140. The highest BCUT2D eigenvalue weighted by molar-refractivity contribution is 14.1. The van der Waals surface area contributed by atoms with Gasteiger partial charge < -0.3 is 0 Å². The molecule has 0 saturated carbocycles. The predicted molar refractivity (Wildman–Crippen MR) is 60.0 cm³/mol. The second-order valence-corrected chi connectivity index (χ2v) is 4.39. The molecule has 0 aromatic carbocycles. The predicted octanol–water partition coefficient (Wildman–Crippen LogP) is 3.04. The minimum Gasteiger partial charge on any atom is -0.296 e. The van der Waals surface area contributed by atoms with Crippen LogP contribution in [0.4, 0.5) is 8.78 Å². The lowest BCUT2D eigenvalue weighted by molar-refractivity contribution is 0.111. The van der Waals surface area contributed by atoms with E-state index in [-0.39, 0.29) is 11.4 Å². The summed E-state index contributed by atoms with van der Waals surface area (Å²) < 4.78 is 25.6. The number of nitrogens with zero attached hydrogens (tertiary/aromatic N) is 1. The van der Waals surface area contributed by atoms with Crippen molar-refractivity contribution < 1.29 is 13.6 Å². The van der Waals surface area contributed by atoms with Gasteiger partial charge in [0.15, 0.2) is 6.29 Å². The fraction of sp³-hybridized carbons (Fsp3) is 0.143. The molecule has 70 valence electrons. The number of carbonyl (C=O) groups is 1. The SMILES string of the molecule is O=Cc1nc(C(F)F)cc(I)c1I. The molecular formula is C7H3F2I2NO. The van der Waals surface area contributed by atoms with Gasteiger partial charge in [0.05, 0.1) is 3.57 Å². The molecule has 0 atom stereocenters. The summed E-state index contributed by atoms with van der Waals surface area (Å²) in [6.07, 6.45) is -2.15. The van der Waals surface area contributed by atoms with Crippen LogP contribution >= 0.6 is 45.2 Å². The van der Waals surface area contributed by atoms with Crippen LogP contribution < -0.4 is 0 Å². The van der Waals surface area contributed by atoms with E-state index in [0.29, 0.717) is 13.4 Å². The fourth-order valence-corrected chi connectivity index (χ4v) is 1.72. The zero-order valence-electron chi connectivity index (χ0n) is 6.10. The van der Waals surface area contributed by atoms with E-state index in [9.17, 15) is 13.6 Å². The standard InChI is InChI=1S/C7H3F2I2NO/c8-7(9)4-1-3(10)6(11)5(2-13)12-4/h1-2,7H. The minimum absolute atomic E-state index is 0.0720. The van der Waals surface area contributed by atoms with Crippen LogP contribution in [0, 0.1) is 7.14 Å². The quantitative estimate of drug-likeness (QED) is 0.556. The number of hydrogen-bond acceptors (Lipinski definition) is 2. The van der Waals surface area contributed by atoms with Crippen molar-refractivity contribution >= 4 is 51.5 Å². The van der Waals surface area contributed by atoms with E-state index in [4.69, 9.17) is 0 Å². The lowest BCUT2D eigenvalue weighted by Crippen LogP contribution is -2.00. The van der Waals surface area contributed by atoms with Gasteiger partial charge in [0, 0.05) is 3.57 Å². The molecule has 0 saturated heterocycles. The zero-order valence-corrected chi connectivity index (χ0v) is 10.4. The molecule has 2 nitrogen and oxygen atoms in total. The molecule has 0 unspecified atom stereocenters. The number of carbonyl (C=O) groups excluding carboxylic acids is 1. The number of halogens is 4. The van der Waals surface area contributed by atoms with Gasteiger partial charge in [0.1, 0.15) is 11.4 Å². The summed E-state index contributed by atoms with van der Waals surface area (Å²) >= 11 is 3.79. The number of rotatable bonds is 2. The average molecular weight is 409 g/mol. The van der Waals surface area contributed by atoms with Crippen molar-refractivity contribution in [3.8, 4) is 0 Å². The molecule has 0 radical (unpaired) electrons. The van der Waals surface area contributed by atoms with Gasteiger partial charge >= 0.3 is 0 Å². The van der Waals surface area contributed by atoms with E-state index in [1.54, 1.807) is 0 Å². The maximum Gasteiger partial charge on any atom is 0.280 e. The smallest absolute Gasteiger partial charge is 0.280 e. The fourth-order valence-electron chi connectivity index (χ4n) is 0.726. The monoisotopic (exact) mass is 409 g/mol. The van der Waals surface area contributed by atoms with Gasteiger partial charge in [0.25, 0.3) is 6.43 Å².